The summed E-state index contributed by atoms with van der Waals surface area (Å²) in [7, 11) is -1.36. The third-order valence-corrected chi connectivity index (χ3v) is 4.58. The number of thiophene rings is 1. The van der Waals surface area contributed by atoms with E-state index in [1.165, 1.54) is 25.6 Å². The van der Waals surface area contributed by atoms with Crippen molar-refractivity contribution in [3.8, 4) is 22.5 Å². The number of phosphoric ester groups is 1. The second-order valence-electron chi connectivity index (χ2n) is 3.54. The van der Waals surface area contributed by atoms with Crippen molar-refractivity contribution in [2.24, 2.45) is 0 Å². The number of rotatable bonds is 5. The average Bonchev–Trinajstić information content (AvgIpc) is 3.01. The molecule has 6 nitrogen and oxygen atoms in total. The molecule has 2 aromatic heterocycles. The van der Waals surface area contributed by atoms with Gasteiger partial charge in [-0.1, -0.05) is 6.07 Å². The van der Waals surface area contributed by atoms with Gasteiger partial charge in [0, 0.05) is 14.2 Å². The first-order valence-corrected chi connectivity index (χ1v) is 7.82. The Kier molecular flexibility index (Phi) is 4.53. The minimum absolute atomic E-state index is 0.0783. The van der Waals surface area contributed by atoms with E-state index in [4.69, 9.17) is 9.79 Å². The Bertz CT molecular complexity index is 673. The molecule has 0 bridgehead atoms. The zero-order valence-electron chi connectivity index (χ0n) is 10.8. The molecule has 0 fully saturated rings. The van der Waals surface area contributed by atoms with E-state index < -0.39 is 7.82 Å². The van der Waals surface area contributed by atoms with Crippen LogP contribution in [0, 0.1) is 11.3 Å². The summed E-state index contributed by atoms with van der Waals surface area (Å²) < 4.78 is 26.5. The Hall–Kier alpha value is -1.71. The van der Waals surface area contributed by atoms with E-state index in [1.807, 2.05) is 23.6 Å². The lowest BCUT2D eigenvalue weighted by Crippen LogP contribution is -2.01. The average molecular weight is 310 g/mol. The summed E-state index contributed by atoms with van der Waals surface area (Å²) in [6.07, 6.45) is 0. The van der Waals surface area contributed by atoms with Gasteiger partial charge >= 0.3 is 7.82 Å². The maximum absolute atomic E-state index is 12.0. The Morgan fingerprint density at radius 1 is 1.30 bits per heavy atom. The van der Waals surface area contributed by atoms with Crippen LogP contribution in [-0.2, 0) is 13.6 Å². The summed E-state index contributed by atoms with van der Waals surface area (Å²) >= 11 is 1.50. The lowest BCUT2D eigenvalue weighted by molar-refractivity contribution is 0.208. The number of nitrogens with zero attached hydrogens (tertiary/aromatic N) is 2. The smallest absolute Gasteiger partial charge is 0.384 e. The molecule has 0 unspecified atom stereocenters. The lowest BCUT2D eigenvalue weighted by atomic mass is 10.2. The van der Waals surface area contributed by atoms with E-state index >= 15 is 0 Å². The van der Waals surface area contributed by atoms with Crippen molar-refractivity contribution in [3.05, 3.63) is 35.2 Å². The Morgan fingerprint density at radius 3 is 2.60 bits per heavy atom. The van der Waals surface area contributed by atoms with Crippen LogP contribution in [0.5, 0.6) is 5.88 Å². The van der Waals surface area contributed by atoms with Gasteiger partial charge in [0.2, 0.25) is 5.88 Å². The van der Waals surface area contributed by atoms with Gasteiger partial charge in [-0.05, 0) is 23.6 Å². The van der Waals surface area contributed by atoms with Gasteiger partial charge in [0.05, 0.1) is 10.6 Å². The first kappa shape index (κ1) is 14.7. The molecule has 104 valence electrons. The van der Waals surface area contributed by atoms with Crippen LogP contribution in [0.25, 0.3) is 10.6 Å². The SMILES string of the molecule is COP(=O)(OC)Oc1nc(-c2cccs2)ccc1C#N. The maximum Gasteiger partial charge on any atom is 0.530 e. The van der Waals surface area contributed by atoms with Gasteiger partial charge in [-0.25, -0.2) is 9.55 Å². The highest BCUT2D eigenvalue weighted by Gasteiger charge is 2.27. The van der Waals surface area contributed by atoms with Crippen LogP contribution in [0.1, 0.15) is 5.56 Å². The summed E-state index contributed by atoms with van der Waals surface area (Å²) in [5, 5.41) is 11.0. The summed E-state index contributed by atoms with van der Waals surface area (Å²) in [5.41, 5.74) is 0.771. The molecule has 8 heteroatoms. The zero-order chi connectivity index (χ0) is 14.6. The van der Waals surface area contributed by atoms with E-state index in [9.17, 15) is 4.57 Å². The van der Waals surface area contributed by atoms with Crippen LogP contribution < -0.4 is 4.52 Å². The molecule has 0 radical (unpaired) electrons. The van der Waals surface area contributed by atoms with Crippen LogP contribution in [0.2, 0.25) is 0 Å². The summed E-state index contributed by atoms with van der Waals surface area (Å²) in [5.74, 6) is -0.0783. The molecule has 2 aromatic rings. The Balaban J connectivity index is 2.43. The minimum atomic E-state index is -3.75. The fourth-order valence-electron chi connectivity index (χ4n) is 1.41. The monoisotopic (exact) mass is 310 g/mol. The molecule has 0 saturated heterocycles. The van der Waals surface area contributed by atoms with Crippen LogP contribution in [0.15, 0.2) is 29.6 Å². The van der Waals surface area contributed by atoms with Gasteiger partial charge in [0.15, 0.2) is 0 Å². The second kappa shape index (κ2) is 6.16. The number of nitriles is 1. The van der Waals surface area contributed by atoms with E-state index in [-0.39, 0.29) is 11.4 Å². The largest absolute Gasteiger partial charge is 0.530 e. The van der Waals surface area contributed by atoms with Gasteiger partial charge in [-0.3, -0.25) is 9.05 Å². The minimum Gasteiger partial charge on any atom is -0.384 e. The summed E-state index contributed by atoms with van der Waals surface area (Å²) in [6, 6.07) is 8.94. The van der Waals surface area contributed by atoms with E-state index in [2.05, 4.69) is 14.0 Å². The van der Waals surface area contributed by atoms with Crippen LogP contribution >= 0.6 is 19.2 Å². The first-order chi connectivity index (χ1) is 9.61. The van der Waals surface area contributed by atoms with E-state index in [0.717, 1.165) is 4.88 Å². The highest BCUT2D eigenvalue weighted by Crippen LogP contribution is 2.48. The topological polar surface area (TPSA) is 81.4 Å². The third kappa shape index (κ3) is 3.06. The van der Waals surface area contributed by atoms with Crippen molar-refractivity contribution in [2.45, 2.75) is 0 Å². The molecule has 0 aliphatic carbocycles. The quantitative estimate of drug-likeness (QED) is 0.787. The van der Waals surface area contributed by atoms with Gasteiger partial charge in [0.25, 0.3) is 0 Å². The fourth-order valence-corrected chi connectivity index (χ4v) is 2.76. The number of hydrogen-bond donors (Lipinski definition) is 0. The number of hydrogen-bond acceptors (Lipinski definition) is 7. The van der Waals surface area contributed by atoms with Gasteiger partial charge < -0.3 is 4.52 Å². The van der Waals surface area contributed by atoms with Gasteiger partial charge in [-0.2, -0.15) is 5.26 Å². The predicted molar refractivity (Wildman–Crippen MR) is 74.5 cm³/mol. The predicted octanol–water partition coefficient (Wildman–Crippen LogP) is 3.46. The first-order valence-electron chi connectivity index (χ1n) is 5.48. The standard InChI is InChI=1S/C12H11N2O4PS/c1-16-19(15,17-2)18-12-9(8-13)5-6-10(14-12)11-4-3-7-20-11/h3-7H,1-2H3. The third-order valence-electron chi connectivity index (χ3n) is 2.40. The Labute approximate surface area is 120 Å². The van der Waals surface area contributed by atoms with Crippen LogP contribution in [0.4, 0.5) is 0 Å². The molecule has 0 spiro atoms. The highest BCUT2D eigenvalue weighted by atomic mass is 32.1. The number of aromatic nitrogens is 1. The molecule has 20 heavy (non-hydrogen) atoms. The molecule has 0 aliphatic heterocycles. The van der Waals surface area contributed by atoms with Crippen molar-refractivity contribution >= 4 is 19.2 Å². The fraction of sp³-hybridized carbons (Fsp3) is 0.167. The Morgan fingerprint density at radius 2 is 2.05 bits per heavy atom. The van der Waals surface area contributed by atoms with E-state index in [0.29, 0.717) is 5.69 Å². The molecular formula is C12H11N2O4PS. The molecule has 2 heterocycles. The van der Waals surface area contributed by atoms with Crippen LogP contribution in [-0.4, -0.2) is 19.2 Å². The number of phosphoric acid groups is 1. The van der Waals surface area contributed by atoms with Gasteiger partial charge in [0.1, 0.15) is 11.6 Å². The molecule has 0 aromatic carbocycles. The molecule has 0 amide bonds. The van der Waals surface area contributed by atoms with Crippen molar-refractivity contribution in [3.63, 3.8) is 0 Å². The van der Waals surface area contributed by atoms with Crippen molar-refractivity contribution < 1.29 is 18.1 Å². The molecule has 0 saturated carbocycles. The zero-order valence-corrected chi connectivity index (χ0v) is 12.5. The molecule has 0 atom stereocenters. The summed E-state index contributed by atoms with van der Waals surface area (Å²) in [6.45, 7) is 0. The van der Waals surface area contributed by atoms with Gasteiger partial charge in [-0.15, -0.1) is 11.3 Å². The molecular weight excluding hydrogens is 299 g/mol. The van der Waals surface area contributed by atoms with Crippen molar-refractivity contribution in [1.82, 2.24) is 4.98 Å². The molecule has 2 rings (SSSR count). The summed E-state index contributed by atoms with van der Waals surface area (Å²) in [4.78, 5) is 5.11. The lowest BCUT2D eigenvalue weighted by Gasteiger charge is -2.14. The molecule has 0 aliphatic rings. The normalized spacial score (nSPS) is 11.1. The highest BCUT2D eigenvalue weighted by molar-refractivity contribution is 7.48. The maximum atomic E-state index is 12.0. The number of pyridine rings is 1. The second-order valence-corrected chi connectivity index (χ2v) is 6.30. The van der Waals surface area contributed by atoms with Crippen molar-refractivity contribution in [1.29, 1.82) is 5.26 Å². The van der Waals surface area contributed by atoms with Crippen molar-refractivity contribution in [2.75, 3.05) is 14.2 Å². The molecule has 0 N–H and O–H groups in total. The van der Waals surface area contributed by atoms with Crippen LogP contribution in [0.3, 0.4) is 0 Å². The van der Waals surface area contributed by atoms with E-state index in [1.54, 1.807) is 12.1 Å².